The Balaban J connectivity index is 1.93. The summed E-state index contributed by atoms with van der Waals surface area (Å²) < 4.78 is 7.01. The van der Waals surface area contributed by atoms with Gasteiger partial charge in [0.05, 0.1) is 18.5 Å². The number of hydrogen-bond donors (Lipinski definition) is 0. The summed E-state index contributed by atoms with van der Waals surface area (Å²) in [4.78, 5) is 19.2. The molecular formula is C24H24N2O2S. The lowest BCUT2D eigenvalue weighted by Crippen LogP contribution is -2.25. The van der Waals surface area contributed by atoms with Crippen LogP contribution in [0.2, 0.25) is 0 Å². The fourth-order valence-electron chi connectivity index (χ4n) is 3.55. The minimum atomic E-state index is -0.0145. The van der Waals surface area contributed by atoms with E-state index in [4.69, 9.17) is 9.72 Å². The van der Waals surface area contributed by atoms with E-state index < -0.39 is 0 Å². The molecule has 0 unspecified atom stereocenters. The van der Waals surface area contributed by atoms with Crippen molar-refractivity contribution in [2.24, 2.45) is 0 Å². The maximum Gasteiger partial charge on any atom is 0.263 e. The van der Waals surface area contributed by atoms with Crippen LogP contribution in [0.15, 0.2) is 58.7 Å². The number of benzene rings is 2. The molecule has 5 heteroatoms. The molecule has 29 heavy (non-hydrogen) atoms. The molecule has 2 aromatic carbocycles. The lowest BCUT2D eigenvalue weighted by molar-refractivity contribution is 0.186. The first-order chi connectivity index (χ1) is 14.1. The van der Waals surface area contributed by atoms with Gasteiger partial charge in [-0.3, -0.25) is 9.36 Å². The van der Waals surface area contributed by atoms with Gasteiger partial charge in [0.25, 0.3) is 5.56 Å². The first-order valence-corrected chi connectivity index (χ1v) is 10.7. The second-order valence-corrected chi connectivity index (χ2v) is 7.99. The topological polar surface area (TPSA) is 44.1 Å². The highest BCUT2D eigenvalue weighted by Crippen LogP contribution is 2.32. The van der Waals surface area contributed by atoms with Gasteiger partial charge in [-0.1, -0.05) is 55.0 Å². The van der Waals surface area contributed by atoms with Gasteiger partial charge in [-0.05, 0) is 30.5 Å². The Labute approximate surface area is 174 Å². The second kappa shape index (κ2) is 8.31. The summed E-state index contributed by atoms with van der Waals surface area (Å²) in [6.07, 6.45) is 0.996. The van der Waals surface area contributed by atoms with Crippen molar-refractivity contribution in [3.63, 3.8) is 0 Å². The SMILES string of the molecule is CCc1ccc(-c2csc3nc(-c4cccc(C)c4)n(CCOC)c(=O)c23)cc1. The van der Waals surface area contributed by atoms with Crippen molar-refractivity contribution in [3.8, 4) is 22.5 Å². The third-order valence-electron chi connectivity index (χ3n) is 5.16. The monoisotopic (exact) mass is 404 g/mol. The van der Waals surface area contributed by atoms with Crippen molar-refractivity contribution < 1.29 is 4.74 Å². The average Bonchev–Trinajstić information content (AvgIpc) is 3.17. The van der Waals surface area contributed by atoms with Gasteiger partial charge in [-0.15, -0.1) is 11.3 Å². The van der Waals surface area contributed by atoms with Gasteiger partial charge in [0, 0.05) is 23.6 Å². The lowest BCUT2D eigenvalue weighted by Gasteiger charge is -2.13. The lowest BCUT2D eigenvalue weighted by atomic mass is 10.0. The highest BCUT2D eigenvalue weighted by molar-refractivity contribution is 7.17. The summed E-state index contributed by atoms with van der Waals surface area (Å²) in [5.74, 6) is 0.693. The van der Waals surface area contributed by atoms with E-state index in [1.54, 1.807) is 11.7 Å². The van der Waals surface area contributed by atoms with E-state index in [-0.39, 0.29) is 5.56 Å². The number of methoxy groups -OCH3 is 1. The smallest absolute Gasteiger partial charge is 0.263 e. The van der Waals surface area contributed by atoms with Gasteiger partial charge in [0.1, 0.15) is 10.7 Å². The van der Waals surface area contributed by atoms with Crippen molar-refractivity contribution in [2.45, 2.75) is 26.8 Å². The second-order valence-electron chi connectivity index (χ2n) is 7.13. The van der Waals surface area contributed by atoms with E-state index in [2.05, 4.69) is 37.3 Å². The van der Waals surface area contributed by atoms with Crippen LogP contribution in [0.5, 0.6) is 0 Å². The van der Waals surface area contributed by atoms with Crippen molar-refractivity contribution in [3.05, 3.63) is 75.4 Å². The molecule has 2 aromatic heterocycles. The molecule has 0 bridgehead atoms. The molecule has 0 saturated heterocycles. The Bertz CT molecular complexity index is 1210. The molecule has 0 aliphatic rings. The molecule has 0 N–H and O–H groups in total. The van der Waals surface area contributed by atoms with Crippen LogP contribution in [0, 0.1) is 6.92 Å². The average molecular weight is 405 g/mol. The van der Waals surface area contributed by atoms with Gasteiger partial charge in [-0.2, -0.15) is 0 Å². The van der Waals surface area contributed by atoms with Crippen LogP contribution in [-0.4, -0.2) is 23.3 Å². The summed E-state index contributed by atoms with van der Waals surface area (Å²) in [5.41, 5.74) is 5.35. The Morgan fingerprint density at radius 1 is 1.10 bits per heavy atom. The van der Waals surface area contributed by atoms with Gasteiger partial charge < -0.3 is 4.74 Å². The van der Waals surface area contributed by atoms with Crippen LogP contribution in [0.25, 0.3) is 32.7 Å². The van der Waals surface area contributed by atoms with E-state index in [9.17, 15) is 4.79 Å². The number of nitrogens with zero attached hydrogens (tertiary/aromatic N) is 2. The first-order valence-electron chi connectivity index (χ1n) is 9.79. The molecule has 0 spiro atoms. The fourth-order valence-corrected chi connectivity index (χ4v) is 4.49. The molecular weight excluding hydrogens is 380 g/mol. The van der Waals surface area contributed by atoms with E-state index in [0.29, 0.717) is 24.4 Å². The normalized spacial score (nSPS) is 11.3. The molecule has 0 aliphatic heterocycles. The molecule has 0 radical (unpaired) electrons. The molecule has 148 valence electrons. The molecule has 4 nitrogen and oxygen atoms in total. The van der Waals surface area contributed by atoms with Crippen molar-refractivity contribution in [1.82, 2.24) is 9.55 Å². The van der Waals surface area contributed by atoms with Gasteiger partial charge >= 0.3 is 0 Å². The molecule has 0 aliphatic carbocycles. The molecule has 0 fully saturated rings. The zero-order chi connectivity index (χ0) is 20.4. The first kappa shape index (κ1) is 19.6. The van der Waals surface area contributed by atoms with E-state index in [1.165, 1.54) is 16.9 Å². The number of aryl methyl sites for hydroxylation is 2. The van der Waals surface area contributed by atoms with Crippen molar-refractivity contribution in [2.75, 3.05) is 13.7 Å². The predicted molar refractivity (Wildman–Crippen MR) is 121 cm³/mol. The van der Waals surface area contributed by atoms with Crippen LogP contribution < -0.4 is 5.56 Å². The highest BCUT2D eigenvalue weighted by Gasteiger charge is 2.18. The van der Waals surface area contributed by atoms with Gasteiger partial charge in [0.15, 0.2) is 0 Å². The Kier molecular flexibility index (Phi) is 5.60. The van der Waals surface area contributed by atoms with Crippen LogP contribution in [0.1, 0.15) is 18.1 Å². The number of hydrogen-bond acceptors (Lipinski definition) is 4. The van der Waals surface area contributed by atoms with Crippen molar-refractivity contribution in [1.29, 1.82) is 0 Å². The van der Waals surface area contributed by atoms with Crippen LogP contribution in [0.4, 0.5) is 0 Å². The molecule has 2 heterocycles. The number of fused-ring (bicyclic) bond motifs is 1. The quantitative estimate of drug-likeness (QED) is 0.437. The molecule has 0 saturated carbocycles. The Hall–Kier alpha value is -2.76. The summed E-state index contributed by atoms with van der Waals surface area (Å²) in [6.45, 7) is 5.10. The number of ether oxygens (including phenoxy) is 1. The third-order valence-corrected chi connectivity index (χ3v) is 6.03. The van der Waals surface area contributed by atoms with E-state index >= 15 is 0 Å². The van der Waals surface area contributed by atoms with E-state index in [1.807, 2.05) is 30.5 Å². The molecule has 0 atom stereocenters. The van der Waals surface area contributed by atoms with Crippen LogP contribution in [-0.2, 0) is 17.7 Å². The standard InChI is InChI=1S/C24H24N2O2S/c1-4-17-8-10-18(11-9-17)20-15-29-23-21(20)24(27)26(12-13-28-3)22(25-23)19-7-5-6-16(2)14-19/h5-11,14-15H,4,12-13H2,1-3H3. The largest absolute Gasteiger partial charge is 0.383 e. The number of thiophene rings is 1. The van der Waals surface area contributed by atoms with E-state index in [0.717, 1.165) is 33.5 Å². The van der Waals surface area contributed by atoms with Gasteiger partial charge in [0.2, 0.25) is 0 Å². The number of rotatable bonds is 6. The summed E-state index contributed by atoms with van der Waals surface area (Å²) in [5, 5.41) is 2.73. The zero-order valence-electron chi connectivity index (χ0n) is 16.9. The molecule has 4 rings (SSSR count). The predicted octanol–water partition coefficient (Wildman–Crippen LogP) is 5.31. The van der Waals surface area contributed by atoms with Crippen molar-refractivity contribution >= 4 is 21.6 Å². The number of aromatic nitrogens is 2. The van der Waals surface area contributed by atoms with Gasteiger partial charge in [-0.25, -0.2) is 4.98 Å². The maximum atomic E-state index is 13.6. The highest BCUT2D eigenvalue weighted by atomic mass is 32.1. The Morgan fingerprint density at radius 3 is 2.59 bits per heavy atom. The fraction of sp³-hybridized carbons (Fsp3) is 0.250. The minimum absolute atomic E-state index is 0.0145. The molecule has 4 aromatic rings. The molecule has 0 amide bonds. The summed E-state index contributed by atoms with van der Waals surface area (Å²) in [7, 11) is 1.65. The zero-order valence-corrected chi connectivity index (χ0v) is 17.8. The summed E-state index contributed by atoms with van der Waals surface area (Å²) >= 11 is 1.52. The van der Waals surface area contributed by atoms with Crippen LogP contribution >= 0.6 is 11.3 Å². The summed E-state index contributed by atoms with van der Waals surface area (Å²) in [6, 6.07) is 16.5. The van der Waals surface area contributed by atoms with Crippen LogP contribution in [0.3, 0.4) is 0 Å². The Morgan fingerprint density at radius 2 is 1.90 bits per heavy atom. The third kappa shape index (κ3) is 3.76. The minimum Gasteiger partial charge on any atom is -0.383 e. The maximum absolute atomic E-state index is 13.6.